The number of benzene rings is 3. The van der Waals surface area contributed by atoms with Crippen molar-refractivity contribution >= 4 is 55.0 Å². The van der Waals surface area contributed by atoms with Crippen LogP contribution in [0.2, 0.25) is 0 Å². The van der Waals surface area contributed by atoms with Gasteiger partial charge in [0.1, 0.15) is 0 Å². The molecule has 3 aromatic rings. The number of sulfonamides is 1. The number of carbonyl (C=O) groups is 1. The number of anilines is 2. The molecule has 28 heavy (non-hydrogen) atoms. The van der Waals surface area contributed by atoms with E-state index in [0.29, 0.717) is 16.9 Å². The minimum atomic E-state index is -3.75. The van der Waals surface area contributed by atoms with E-state index in [2.05, 4.69) is 26.0 Å². The van der Waals surface area contributed by atoms with E-state index in [-0.39, 0.29) is 10.8 Å². The molecule has 1 amide bonds. The molecular weight excluding hydrogens is 460 g/mol. The van der Waals surface area contributed by atoms with Gasteiger partial charge in [0, 0.05) is 26.3 Å². The van der Waals surface area contributed by atoms with E-state index in [0.717, 1.165) is 9.37 Å². The largest absolute Gasteiger partial charge is 0.322 e. The van der Waals surface area contributed by atoms with Gasteiger partial charge in [0.15, 0.2) is 0 Å². The number of amides is 1. The summed E-state index contributed by atoms with van der Waals surface area (Å²) in [7, 11) is -3.75. The second-order valence-electron chi connectivity index (χ2n) is 5.83. The average Bonchev–Trinajstić information content (AvgIpc) is 2.68. The van der Waals surface area contributed by atoms with Crippen molar-refractivity contribution in [2.24, 2.45) is 0 Å². The molecule has 0 aliphatic heterocycles. The Balaban J connectivity index is 1.77. The zero-order chi connectivity index (χ0) is 20.1. The lowest BCUT2D eigenvalue weighted by Crippen LogP contribution is -2.15. The highest BCUT2D eigenvalue weighted by Crippen LogP contribution is 2.22. The predicted molar refractivity (Wildman–Crippen MR) is 118 cm³/mol. The van der Waals surface area contributed by atoms with Crippen molar-refractivity contribution in [3.05, 3.63) is 82.8 Å². The van der Waals surface area contributed by atoms with Crippen LogP contribution in [0.5, 0.6) is 0 Å². The minimum absolute atomic E-state index is 0.138. The highest BCUT2D eigenvalue weighted by Gasteiger charge is 2.15. The highest BCUT2D eigenvalue weighted by molar-refractivity contribution is 9.10. The summed E-state index contributed by atoms with van der Waals surface area (Å²) in [4.78, 5) is 13.7. The molecule has 0 aromatic heterocycles. The normalized spacial score (nSPS) is 11.1. The summed E-state index contributed by atoms with van der Waals surface area (Å²) in [5, 5.41) is 2.83. The molecule has 2 N–H and O–H groups in total. The zero-order valence-electron chi connectivity index (χ0n) is 14.8. The van der Waals surface area contributed by atoms with Crippen LogP contribution >= 0.6 is 27.7 Å². The molecule has 0 unspecified atom stereocenters. The van der Waals surface area contributed by atoms with Gasteiger partial charge in [-0.3, -0.25) is 9.52 Å². The van der Waals surface area contributed by atoms with E-state index in [1.165, 1.54) is 18.2 Å². The van der Waals surface area contributed by atoms with Crippen molar-refractivity contribution in [3.63, 3.8) is 0 Å². The first-order chi connectivity index (χ1) is 13.4. The lowest BCUT2D eigenvalue weighted by atomic mass is 10.2. The number of thioether (sulfide) groups is 1. The molecule has 0 saturated heterocycles. The lowest BCUT2D eigenvalue weighted by Gasteiger charge is -2.10. The smallest absolute Gasteiger partial charge is 0.261 e. The zero-order valence-corrected chi connectivity index (χ0v) is 18.1. The first kappa shape index (κ1) is 20.4. The number of rotatable bonds is 6. The van der Waals surface area contributed by atoms with Crippen molar-refractivity contribution in [3.8, 4) is 0 Å². The van der Waals surface area contributed by atoms with Crippen molar-refractivity contribution in [2.75, 3.05) is 16.3 Å². The van der Waals surface area contributed by atoms with Crippen molar-refractivity contribution in [1.29, 1.82) is 0 Å². The maximum absolute atomic E-state index is 12.5. The van der Waals surface area contributed by atoms with Gasteiger partial charge in [-0.05, 0) is 66.9 Å². The van der Waals surface area contributed by atoms with E-state index in [1.807, 2.05) is 24.5 Å². The van der Waals surface area contributed by atoms with E-state index in [4.69, 9.17) is 0 Å². The number of hydrogen-bond donors (Lipinski definition) is 2. The molecule has 0 radical (unpaired) electrons. The van der Waals surface area contributed by atoms with E-state index in [1.54, 1.807) is 48.2 Å². The second kappa shape index (κ2) is 8.81. The molecule has 3 rings (SSSR count). The molecule has 0 aliphatic rings. The third-order valence-corrected chi connectivity index (χ3v) is 6.48. The fourth-order valence-corrected chi connectivity index (χ4v) is 4.23. The molecule has 5 nitrogen and oxygen atoms in total. The van der Waals surface area contributed by atoms with Gasteiger partial charge in [-0.25, -0.2) is 8.42 Å². The Labute approximate surface area is 176 Å². The summed E-state index contributed by atoms with van der Waals surface area (Å²) in [5.41, 5.74) is 1.34. The minimum Gasteiger partial charge on any atom is -0.322 e. The quantitative estimate of drug-likeness (QED) is 0.477. The lowest BCUT2D eigenvalue weighted by molar-refractivity contribution is 0.102. The van der Waals surface area contributed by atoms with E-state index >= 15 is 0 Å². The maximum Gasteiger partial charge on any atom is 0.261 e. The van der Waals surface area contributed by atoms with Gasteiger partial charge in [0.25, 0.3) is 15.9 Å². The van der Waals surface area contributed by atoms with Crippen LogP contribution in [0.25, 0.3) is 0 Å². The molecule has 144 valence electrons. The Kier molecular flexibility index (Phi) is 6.43. The van der Waals surface area contributed by atoms with Crippen LogP contribution in [0, 0.1) is 0 Å². The number of hydrogen-bond acceptors (Lipinski definition) is 4. The Bertz CT molecular complexity index is 1100. The van der Waals surface area contributed by atoms with Crippen LogP contribution in [-0.4, -0.2) is 20.6 Å². The maximum atomic E-state index is 12.5. The van der Waals surface area contributed by atoms with Crippen LogP contribution in [-0.2, 0) is 10.0 Å². The number of halogens is 1. The molecular formula is C20H17BrN2O3S2. The summed E-state index contributed by atoms with van der Waals surface area (Å²) in [5.74, 6) is -0.317. The Morgan fingerprint density at radius 3 is 2.32 bits per heavy atom. The van der Waals surface area contributed by atoms with Gasteiger partial charge >= 0.3 is 0 Å². The Morgan fingerprint density at radius 1 is 0.929 bits per heavy atom. The van der Waals surface area contributed by atoms with Gasteiger partial charge in [-0.1, -0.05) is 28.1 Å². The van der Waals surface area contributed by atoms with Crippen LogP contribution in [0.3, 0.4) is 0 Å². The second-order valence-corrected chi connectivity index (χ2v) is 9.30. The molecule has 8 heteroatoms. The summed E-state index contributed by atoms with van der Waals surface area (Å²) in [6, 6.07) is 20.2. The van der Waals surface area contributed by atoms with Crippen molar-refractivity contribution in [1.82, 2.24) is 0 Å². The van der Waals surface area contributed by atoms with Gasteiger partial charge in [-0.15, -0.1) is 11.8 Å². The van der Waals surface area contributed by atoms with E-state index < -0.39 is 10.0 Å². The monoisotopic (exact) mass is 476 g/mol. The molecule has 0 bridgehead atoms. The number of nitrogens with one attached hydrogen (secondary N) is 2. The molecule has 0 fully saturated rings. The molecule has 0 aliphatic carbocycles. The summed E-state index contributed by atoms with van der Waals surface area (Å²) in [6.07, 6.45) is 1.96. The first-order valence-corrected chi connectivity index (χ1v) is 11.7. The first-order valence-electron chi connectivity index (χ1n) is 8.21. The third kappa shape index (κ3) is 5.15. The van der Waals surface area contributed by atoms with Gasteiger partial charge in [0.05, 0.1) is 4.90 Å². The SMILES string of the molecule is CSc1cccc(NC(=O)c2cccc(NS(=O)(=O)c3ccc(Br)cc3)c2)c1. The summed E-state index contributed by atoms with van der Waals surface area (Å²) >= 11 is 4.86. The third-order valence-electron chi connectivity index (χ3n) is 3.83. The number of carbonyl (C=O) groups excluding carboxylic acids is 1. The topological polar surface area (TPSA) is 75.3 Å². The van der Waals surface area contributed by atoms with Crippen LogP contribution in [0.15, 0.2) is 87.1 Å². The predicted octanol–water partition coefficient (Wildman–Crippen LogP) is 5.22. The van der Waals surface area contributed by atoms with E-state index in [9.17, 15) is 13.2 Å². The molecule has 0 atom stereocenters. The molecule has 0 saturated carbocycles. The fraction of sp³-hybridized carbons (Fsp3) is 0.0500. The average molecular weight is 477 g/mol. The molecule has 3 aromatic carbocycles. The van der Waals surface area contributed by atoms with Gasteiger partial charge in [0.2, 0.25) is 0 Å². The van der Waals surface area contributed by atoms with Crippen molar-refractivity contribution < 1.29 is 13.2 Å². The Hall–Kier alpha value is -2.29. The van der Waals surface area contributed by atoms with Gasteiger partial charge < -0.3 is 5.32 Å². The van der Waals surface area contributed by atoms with Gasteiger partial charge in [-0.2, -0.15) is 0 Å². The van der Waals surface area contributed by atoms with Crippen LogP contribution in [0.4, 0.5) is 11.4 Å². The molecule has 0 heterocycles. The Morgan fingerprint density at radius 2 is 1.61 bits per heavy atom. The van der Waals surface area contributed by atoms with Crippen molar-refractivity contribution in [2.45, 2.75) is 9.79 Å². The summed E-state index contributed by atoms with van der Waals surface area (Å²) in [6.45, 7) is 0. The fourth-order valence-electron chi connectivity index (χ4n) is 2.46. The van der Waals surface area contributed by atoms with Crippen LogP contribution in [0.1, 0.15) is 10.4 Å². The highest BCUT2D eigenvalue weighted by atomic mass is 79.9. The molecule has 0 spiro atoms. The van der Waals surface area contributed by atoms with Crippen LogP contribution < -0.4 is 10.0 Å². The summed E-state index contributed by atoms with van der Waals surface area (Å²) < 4.78 is 28.3. The standard InChI is InChI=1S/C20H17BrN2O3S2/c1-27-18-7-3-5-16(13-18)22-20(24)14-4-2-6-17(12-14)23-28(25,26)19-10-8-15(21)9-11-19/h2-13,23H,1H3,(H,22,24).